The minimum atomic E-state index is -1.29. The Balaban J connectivity index is 0.00000121. The zero-order chi connectivity index (χ0) is 8.32. The number of carboxylic acids is 1. The van der Waals surface area contributed by atoms with Crippen molar-refractivity contribution in [3.05, 3.63) is 0 Å². The first-order valence-corrected chi connectivity index (χ1v) is 3.42. The van der Waals surface area contributed by atoms with Crippen LogP contribution in [0.3, 0.4) is 0 Å². The molecular weight excluding hydrogens is 169 g/mol. The van der Waals surface area contributed by atoms with Crippen LogP contribution in [0.4, 0.5) is 0 Å². The van der Waals surface area contributed by atoms with Crippen molar-refractivity contribution in [1.29, 1.82) is 5.26 Å². The second-order valence-electron chi connectivity index (χ2n) is 2.59. The number of hydrogen-bond acceptors (Lipinski definition) is 4. The number of nitrogens with zero attached hydrogens (tertiary/aromatic N) is 1. The molecule has 0 amide bonds. The van der Waals surface area contributed by atoms with Gasteiger partial charge in [0.25, 0.3) is 0 Å². The number of carbonyl (C=O) groups excluding carboxylic acids is 1. The zero-order valence-electron chi connectivity index (χ0n) is 7.00. The Morgan fingerprint density at radius 1 is 1.50 bits per heavy atom. The predicted octanol–water partition coefficient (Wildman–Crippen LogP) is -3.94. The van der Waals surface area contributed by atoms with E-state index in [-0.39, 0.29) is 42.4 Å². The summed E-state index contributed by atoms with van der Waals surface area (Å²) >= 11 is 0. The van der Waals surface area contributed by atoms with Crippen molar-refractivity contribution >= 4 is 5.97 Å². The van der Waals surface area contributed by atoms with Gasteiger partial charge in [0.2, 0.25) is 0 Å². The molecule has 0 aliphatic carbocycles. The van der Waals surface area contributed by atoms with Gasteiger partial charge in [0.15, 0.2) is 0 Å². The number of carboxylic acid groups (broad SMARTS) is 1. The Bertz CT molecular complexity index is 205. The first-order chi connectivity index (χ1) is 5.21. The van der Waals surface area contributed by atoms with E-state index < -0.39 is 11.4 Å². The summed E-state index contributed by atoms with van der Waals surface area (Å²) in [5.41, 5.74) is -1.29. The topological polar surface area (TPSA) is 73.2 Å². The van der Waals surface area contributed by atoms with Gasteiger partial charge in [-0.05, 0) is 12.8 Å². The normalized spacial score (nSPS) is 20.2. The first-order valence-electron chi connectivity index (χ1n) is 3.42. The molecule has 1 heterocycles. The molecule has 1 fully saturated rings. The van der Waals surface area contributed by atoms with Gasteiger partial charge >= 0.3 is 29.6 Å². The molecule has 5 heteroatoms. The first kappa shape index (κ1) is 11.9. The van der Waals surface area contributed by atoms with Crippen LogP contribution < -0.4 is 34.7 Å². The second-order valence-corrected chi connectivity index (χ2v) is 2.59. The van der Waals surface area contributed by atoms with Crippen LogP contribution in [0.5, 0.6) is 0 Å². The van der Waals surface area contributed by atoms with Crippen LogP contribution in [0.25, 0.3) is 0 Å². The van der Waals surface area contributed by atoms with Gasteiger partial charge in [0.05, 0.1) is 12.0 Å². The Morgan fingerprint density at radius 3 is 2.25 bits per heavy atom. The smallest absolute Gasteiger partial charge is 0.548 e. The SMILES string of the molecule is N#CC1(C(=O)[O-])CCOCC1.[Na+]. The summed E-state index contributed by atoms with van der Waals surface area (Å²) in [6.07, 6.45) is 0.484. The molecule has 0 N–H and O–H groups in total. The quantitative estimate of drug-likeness (QED) is 0.383. The third kappa shape index (κ3) is 2.20. The van der Waals surface area contributed by atoms with Crippen molar-refractivity contribution in [2.24, 2.45) is 5.41 Å². The van der Waals surface area contributed by atoms with Gasteiger partial charge in [0, 0.05) is 13.2 Å². The number of carbonyl (C=O) groups is 1. The molecule has 0 saturated carbocycles. The van der Waals surface area contributed by atoms with Crippen molar-refractivity contribution in [3.63, 3.8) is 0 Å². The van der Waals surface area contributed by atoms with E-state index in [0.29, 0.717) is 13.2 Å². The fourth-order valence-corrected chi connectivity index (χ4v) is 1.08. The molecule has 1 aliphatic rings. The molecule has 0 spiro atoms. The zero-order valence-corrected chi connectivity index (χ0v) is 9.00. The van der Waals surface area contributed by atoms with Crippen molar-refractivity contribution in [1.82, 2.24) is 0 Å². The van der Waals surface area contributed by atoms with E-state index in [1.807, 2.05) is 0 Å². The maximum Gasteiger partial charge on any atom is 1.00 e. The third-order valence-corrected chi connectivity index (χ3v) is 1.95. The summed E-state index contributed by atoms with van der Waals surface area (Å²) in [5.74, 6) is -1.27. The molecule has 1 saturated heterocycles. The molecule has 1 rings (SSSR count). The Kier molecular flexibility index (Phi) is 4.80. The van der Waals surface area contributed by atoms with E-state index in [0.717, 1.165) is 0 Å². The van der Waals surface area contributed by atoms with Gasteiger partial charge in [-0.25, -0.2) is 0 Å². The number of rotatable bonds is 1. The number of aliphatic carboxylic acids is 1. The summed E-state index contributed by atoms with van der Waals surface area (Å²) in [6, 6.07) is 1.77. The van der Waals surface area contributed by atoms with E-state index in [9.17, 15) is 9.90 Å². The molecule has 0 radical (unpaired) electrons. The van der Waals surface area contributed by atoms with E-state index in [1.54, 1.807) is 6.07 Å². The van der Waals surface area contributed by atoms with Gasteiger partial charge < -0.3 is 14.6 Å². The average Bonchev–Trinajstić information content (AvgIpc) is 2.05. The van der Waals surface area contributed by atoms with Crippen molar-refractivity contribution in [3.8, 4) is 6.07 Å². The molecule has 60 valence electrons. The van der Waals surface area contributed by atoms with Crippen LogP contribution in [0.15, 0.2) is 0 Å². The molecule has 0 aromatic heterocycles. The van der Waals surface area contributed by atoms with Gasteiger partial charge in [-0.3, -0.25) is 0 Å². The molecule has 0 aromatic rings. The number of ether oxygens (including phenoxy) is 1. The maximum absolute atomic E-state index is 10.5. The van der Waals surface area contributed by atoms with E-state index in [1.165, 1.54) is 0 Å². The summed E-state index contributed by atoms with van der Waals surface area (Å²) in [6.45, 7) is 0.670. The van der Waals surface area contributed by atoms with Crippen molar-refractivity contribution in [2.45, 2.75) is 12.8 Å². The monoisotopic (exact) mass is 177 g/mol. The standard InChI is InChI=1S/C7H9NO3.Na/c8-5-7(6(9)10)1-3-11-4-2-7;/h1-4H2,(H,9,10);/q;+1/p-1. The van der Waals surface area contributed by atoms with Crippen molar-refractivity contribution in [2.75, 3.05) is 13.2 Å². The molecule has 12 heavy (non-hydrogen) atoms. The molecule has 1 aliphatic heterocycles. The second kappa shape index (κ2) is 4.83. The minimum Gasteiger partial charge on any atom is -0.548 e. The number of nitriles is 1. The Labute approximate surface area is 92.8 Å². The largest absolute Gasteiger partial charge is 1.00 e. The Morgan fingerprint density at radius 2 is 2.00 bits per heavy atom. The van der Waals surface area contributed by atoms with Gasteiger partial charge in [-0.2, -0.15) is 5.26 Å². The number of hydrogen-bond donors (Lipinski definition) is 0. The van der Waals surface area contributed by atoms with E-state index in [2.05, 4.69) is 0 Å². The maximum atomic E-state index is 10.5. The van der Waals surface area contributed by atoms with Gasteiger partial charge in [-0.15, -0.1) is 0 Å². The fourth-order valence-electron chi connectivity index (χ4n) is 1.08. The third-order valence-electron chi connectivity index (χ3n) is 1.95. The molecule has 0 unspecified atom stereocenters. The van der Waals surface area contributed by atoms with E-state index in [4.69, 9.17) is 10.00 Å². The minimum absolute atomic E-state index is 0. The predicted molar refractivity (Wildman–Crippen MR) is 33.1 cm³/mol. The summed E-state index contributed by atoms with van der Waals surface area (Å²) in [4.78, 5) is 10.5. The molecule has 0 atom stereocenters. The van der Waals surface area contributed by atoms with Crippen molar-refractivity contribution < 1.29 is 44.2 Å². The molecule has 0 aromatic carbocycles. The average molecular weight is 177 g/mol. The van der Waals surface area contributed by atoms with Crippen LogP contribution >= 0.6 is 0 Å². The van der Waals surface area contributed by atoms with Crippen LogP contribution in [-0.2, 0) is 9.53 Å². The molecule has 4 nitrogen and oxygen atoms in total. The summed E-state index contributed by atoms with van der Waals surface area (Å²) in [5, 5.41) is 19.1. The van der Waals surface area contributed by atoms with Gasteiger partial charge in [-0.1, -0.05) is 0 Å². The molecular formula is C7H8NNaO3. The Hall–Kier alpha value is -0.0800. The van der Waals surface area contributed by atoms with Crippen LogP contribution in [0.1, 0.15) is 12.8 Å². The summed E-state index contributed by atoms with van der Waals surface area (Å²) < 4.78 is 4.93. The van der Waals surface area contributed by atoms with Crippen LogP contribution in [0, 0.1) is 16.7 Å². The van der Waals surface area contributed by atoms with Crippen LogP contribution in [0.2, 0.25) is 0 Å². The van der Waals surface area contributed by atoms with E-state index >= 15 is 0 Å². The summed E-state index contributed by atoms with van der Waals surface area (Å²) in [7, 11) is 0. The van der Waals surface area contributed by atoms with Gasteiger partial charge in [0.1, 0.15) is 5.41 Å². The fraction of sp³-hybridized carbons (Fsp3) is 0.714. The molecule has 0 bridgehead atoms. The van der Waals surface area contributed by atoms with Crippen LogP contribution in [-0.4, -0.2) is 19.2 Å².